The van der Waals surface area contributed by atoms with Crippen LogP contribution < -0.4 is 15.4 Å². The second-order valence-corrected chi connectivity index (χ2v) is 11.5. The van der Waals surface area contributed by atoms with E-state index in [2.05, 4.69) is 10.6 Å². The number of methoxy groups -OCH3 is 1. The molecule has 3 N–H and O–H groups in total. The normalized spacial score (nSPS) is 30.1. The topological polar surface area (TPSA) is 117 Å². The zero-order chi connectivity index (χ0) is 28.7. The summed E-state index contributed by atoms with van der Waals surface area (Å²) < 4.78 is 11.9. The SMILES string of the molecule is CC[C@H](C)[C@H](CO)N1C(=O)[C@@H]2[C@@H](C(=O)NCc3ccccc3)[C@@]3(C)CCC2(O3)C1C(=O)Nc1ccc(OC)cc1. The van der Waals surface area contributed by atoms with Crippen LogP contribution in [-0.2, 0) is 25.7 Å². The number of carbonyl (C=O) groups is 3. The maximum atomic E-state index is 14.3. The monoisotopic (exact) mass is 549 g/mol. The van der Waals surface area contributed by atoms with Crippen LogP contribution in [0.15, 0.2) is 54.6 Å². The molecule has 1 spiro atoms. The van der Waals surface area contributed by atoms with E-state index < -0.39 is 41.0 Å². The summed E-state index contributed by atoms with van der Waals surface area (Å²) in [5, 5.41) is 16.4. The van der Waals surface area contributed by atoms with E-state index in [1.165, 1.54) is 4.90 Å². The lowest BCUT2D eigenvalue weighted by atomic mass is 9.66. The Morgan fingerprint density at radius 3 is 2.45 bits per heavy atom. The first-order valence-corrected chi connectivity index (χ1v) is 14.1. The average Bonchev–Trinajstić information content (AvgIpc) is 3.53. The maximum Gasteiger partial charge on any atom is 0.250 e. The predicted octanol–water partition coefficient (Wildman–Crippen LogP) is 3.12. The van der Waals surface area contributed by atoms with E-state index in [0.29, 0.717) is 37.2 Å². The molecule has 3 fully saturated rings. The van der Waals surface area contributed by atoms with Crippen molar-refractivity contribution in [1.82, 2.24) is 10.2 Å². The Morgan fingerprint density at radius 1 is 1.12 bits per heavy atom. The molecule has 5 rings (SSSR count). The highest BCUT2D eigenvalue weighted by Gasteiger charge is 2.78. The Balaban J connectivity index is 1.50. The fourth-order valence-corrected chi connectivity index (χ4v) is 7.02. The van der Waals surface area contributed by atoms with E-state index in [4.69, 9.17) is 9.47 Å². The summed E-state index contributed by atoms with van der Waals surface area (Å²) >= 11 is 0. The second-order valence-electron chi connectivity index (χ2n) is 11.5. The molecule has 0 aliphatic carbocycles. The smallest absolute Gasteiger partial charge is 0.250 e. The average molecular weight is 550 g/mol. The number of benzene rings is 2. The van der Waals surface area contributed by atoms with Crippen LogP contribution in [0.5, 0.6) is 5.75 Å². The third-order valence-electron chi connectivity index (χ3n) is 9.26. The molecule has 9 nitrogen and oxygen atoms in total. The summed E-state index contributed by atoms with van der Waals surface area (Å²) in [5.41, 5.74) is -0.541. The predicted molar refractivity (Wildman–Crippen MR) is 149 cm³/mol. The number of amides is 3. The van der Waals surface area contributed by atoms with E-state index >= 15 is 0 Å². The molecule has 40 heavy (non-hydrogen) atoms. The van der Waals surface area contributed by atoms with Gasteiger partial charge in [-0.3, -0.25) is 14.4 Å². The van der Waals surface area contributed by atoms with Gasteiger partial charge in [0.2, 0.25) is 17.7 Å². The van der Waals surface area contributed by atoms with Crippen molar-refractivity contribution in [3.63, 3.8) is 0 Å². The molecule has 2 bridgehead atoms. The van der Waals surface area contributed by atoms with Gasteiger partial charge in [0.25, 0.3) is 0 Å². The molecule has 3 aliphatic heterocycles. The first-order chi connectivity index (χ1) is 19.2. The van der Waals surface area contributed by atoms with Gasteiger partial charge in [-0.15, -0.1) is 0 Å². The number of aliphatic hydroxyl groups is 1. The molecule has 3 heterocycles. The molecule has 3 aliphatic rings. The molecule has 0 aromatic heterocycles. The molecule has 9 heteroatoms. The number of nitrogens with one attached hydrogen (secondary N) is 2. The number of likely N-dealkylation sites (tertiary alicyclic amines) is 1. The van der Waals surface area contributed by atoms with Crippen molar-refractivity contribution >= 4 is 23.4 Å². The number of hydrogen-bond acceptors (Lipinski definition) is 6. The highest BCUT2D eigenvalue weighted by molar-refractivity contribution is 6.04. The fraction of sp³-hybridized carbons (Fsp3) is 0.516. The van der Waals surface area contributed by atoms with E-state index in [9.17, 15) is 19.5 Å². The number of carbonyl (C=O) groups excluding carboxylic acids is 3. The number of aliphatic hydroxyl groups excluding tert-OH is 1. The van der Waals surface area contributed by atoms with E-state index in [-0.39, 0.29) is 24.3 Å². The summed E-state index contributed by atoms with van der Waals surface area (Å²) in [6.07, 6.45) is 1.73. The number of fused-ring (bicyclic) bond motifs is 1. The summed E-state index contributed by atoms with van der Waals surface area (Å²) in [4.78, 5) is 43.7. The Morgan fingerprint density at radius 2 is 1.82 bits per heavy atom. The largest absolute Gasteiger partial charge is 0.497 e. The van der Waals surface area contributed by atoms with Crippen LogP contribution in [0.25, 0.3) is 0 Å². The van der Waals surface area contributed by atoms with Crippen LogP contribution in [0.2, 0.25) is 0 Å². The van der Waals surface area contributed by atoms with Crippen LogP contribution in [0.3, 0.4) is 0 Å². The quantitative estimate of drug-likeness (QED) is 0.419. The zero-order valence-corrected chi connectivity index (χ0v) is 23.6. The molecule has 3 amide bonds. The lowest BCUT2D eigenvalue weighted by molar-refractivity contribution is -0.149. The zero-order valence-electron chi connectivity index (χ0n) is 23.6. The van der Waals surface area contributed by atoms with Gasteiger partial charge in [0, 0.05) is 12.2 Å². The molecule has 7 atom stereocenters. The Bertz CT molecular complexity index is 1250. The van der Waals surface area contributed by atoms with E-state index in [0.717, 1.165) is 5.56 Å². The lowest BCUT2D eigenvalue weighted by Crippen LogP contribution is -2.57. The van der Waals surface area contributed by atoms with E-state index in [1.807, 2.05) is 51.1 Å². The van der Waals surface area contributed by atoms with Crippen molar-refractivity contribution < 1.29 is 29.0 Å². The molecule has 2 unspecified atom stereocenters. The van der Waals surface area contributed by atoms with Crippen LogP contribution in [-0.4, -0.2) is 64.7 Å². The van der Waals surface area contributed by atoms with Crippen LogP contribution in [0.4, 0.5) is 5.69 Å². The first kappa shape index (κ1) is 28.1. The number of ether oxygens (including phenoxy) is 2. The van der Waals surface area contributed by atoms with E-state index in [1.54, 1.807) is 31.4 Å². The third kappa shape index (κ3) is 4.55. The fourth-order valence-electron chi connectivity index (χ4n) is 7.02. The number of nitrogens with zero attached hydrogens (tertiary/aromatic N) is 1. The van der Waals surface area contributed by atoms with Crippen LogP contribution >= 0.6 is 0 Å². The van der Waals surface area contributed by atoms with Crippen molar-refractivity contribution in [3.05, 3.63) is 60.2 Å². The summed E-state index contributed by atoms with van der Waals surface area (Å²) in [7, 11) is 1.57. The van der Waals surface area contributed by atoms with Gasteiger partial charge in [0.1, 0.15) is 17.4 Å². The number of anilines is 1. The number of rotatable bonds is 10. The van der Waals surface area contributed by atoms with Gasteiger partial charge in [0.15, 0.2) is 0 Å². The van der Waals surface area contributed by atoms with Crippen molar-refractivity contribution in [2.24, 2.45) is 17.8 Å². The van der Waals surface area contributed by atoms with Crippen LogP contribution in [0, 0.1) is 17.8 Å². The Kier molecular flexibility index (Phi) is 7.63. The molecule has 0 saturated carbocycles. The van der Waals surface area contributed by atoms with Gasteiger partial charge in [-0.05, 0) is 55.5 Å². The minimum Gasteiger partial charge on any atom is -0.497 e. The minimum atomic E-state index is -1.17. The van der Waals surface area contributed by atoms with Gasteiger partial charge in [-0.1, -0.05) is 50.6 Å². The second kappa shape index (κ2) is 10.9. The first-order valence-electron chi connectivity index (χ1n) is 14.1. The van der Waals surface area contributed by atoms with Gasteiger partial charge in [-0.2, -0.15) is 0 Å². The van der Waals surface area contributed by atoms with Crippen LogP contribution in [0.1, 0.15) is 45.6 Å². The Labute approximate surface area is 235 Å². The lowest BCUT2D eigenvalue weighted by Gasteiger charge is -2.39. The standard InChI is InChI=1S/C31H39N3O6/c1-5-19(2)23(18-35)34-26(28(37)33-21-11-13-22(39-4)14-12-21)31-16-15-30(3,40-31)24(25(31)29(34)38)27(36)32-17-20-9-7-6-8-10-20/h6-14,19,23-26,35H,5,15-18H2,1-4H3,(H,32,36)(H,33,37)/t19-,23-,24-,25-,26?,30+,31?/m0/s1. The van der Waals surface area contributed by atoms with Gasteiger partial charge >= 0.3 is 0 Å². The molecule has 0 radical (unpaired) electrons. The van der Waals surface area contributed by atoms with Crippen molar-refractivity contribution in [3.8, 4) is 5.75 Å². The van der Waals surface area contributed by atoms with Gasteiger partial charge < -0.3 is 30.1 Å². The molecule has 3 saturated heterocycles. The highest BCUT2D eigenvalue weighted by atomic mass is 16.5. The summed E-state index contributed by atoms with van der Waals surface area (Å²) in [5.74, 6) is -1.96. The van der Waals surface area contributed by atoms with Crippen molar-refractivity contribution in [2.45, 2.75) is 69.9 Å². The highest BCUT2D eigenvalue weighted by Crippen LogP contribution is 2.63. The van der Waals surface area contributed by atoms with Crippen molar-refractivity contribution in [2.75, 3.05) is 19.0 Å². The maximum absolute atomic E-state index is 14.3. The van der Waals surface area contributed by atoms with Gasteiger partial charge in [0.05, 0.1) is 37.2 Å². The summed E-state index contributed by atoms with van der Waals surface area (Å²) in [6, 6.07) is 15.0. The van der Waals surface area contributed by atoms with Gasteiger partial charge in [-0.25, -0.2) is 0 Å². The van der Waals surface area contributed by atoms with Crippen molar-refractivity contribution in [1.29, 1.82) is 0 Å². The molecule has 2 aromatic carbocycles. The molecule has 214 valence electrons. The Hall–Kier alpha value is -3.43. The molecular weight excluding hydrogens is 510 g/mol. The number of hydrogen-bond donors (Lipinski definition) is 3. The minimum absolute atomic E-state index is 0.0707. The summed E-state index contributed by atoms with van der Waals surface area (Å²) in [6.45, 7) is 5.86. The molecular formula is C31H39N3O6. The third-order valence-corrected chi connectivity index (χ3v) is 9.26. The molecule has 2 aromatic rings.